The Kier molecular flexibility index (Phi) is 4.58. The summed E-state index contributed by atoms with van der Waals surface area (Å²) in [4.78, 5) is 63.9. The fraction of sp³-hybridized carbons (Fsp3) is 0.421. The Balaban J connectivity index is 1.55. The van der Waals surface area contributed by atoms with Crippen molar-refractivity contribution in [2.24, 2.45) is 0 Å². The number of hydrogen-bond donors (Lipinski definition) is 1. The number of nitrogens with one attached hydrogen (secondary N) is 1. The van der Waals surface area contributed by atoms with E-state index in [-0.39, 0.29) is 42.2 Å². The summed E-state index contributed by atoms with van der Waals surface area (Å²) in [7, 11) is 0. The first-order valence-electron chi connectivity index (χ1n) is 9.22. The summed E-state index contributed by atoms with van der Waals surface area (Å²) in [5.74, 6) is -2.39. The highest BCUT2D eigenvalue weighted by atomic mass is 16.5. The largest absolute Gasteiger partial charge is 0.483 e. The monoisotopic (exact) mass is 385 g/mol. The van der Waals surface area contributed by atoms with Gasteiger partial charge < -0.3 is 9.64 Å². The van der Waals surface area contributed by atoms with Crippen molar-refractivity contribution >= 4 is 29.5 Å². The number of ether oxygens (including phenoxy) is 1. The molecule has 2 saturated heterocycles. The lowest BCUT2D eigenvalue weighted by atomic mass is 10.0. The van der Waals surface area contributed by atoms with Gasteiger partial charge in [0, 0.05) is 19.5 Å². The summed E-state index contributed by atoms with van der Waals surface area (Å²) in [6.45, 7) is 1.15. The molecule has 3 heterocycles. The number of carbonyl (C=O) groups excluding carboxylic acids is 5. The minimum Gasteiger partial charge on any atom is -0.483 e. The van der Waals surface area contributed by atoms with Crippen molar-refractivity contribution in [2.75, 3.05) is 19.7 Å². The maximum atomic E-state index is 12.9. The van der Waals surface area contributed by atoms with Crippen LogP contribution in [0.3, 0.4) is 0 Å². The van der Waals surface area contributed by atoms with Crippen LogP contribution in [-0.2, 0) is 14.4 Å². The lowest BCUT2D eigenvalue weighted by Crippen LogP contribution is -2.54. The Hall–Kier alpha value is -3.23. The van der Waals surface area contributed by atoms with Crippen LogP contribution in [0.5, 0.6) is 5.75 Å². The van der Waals surface area contributed by atoms with Crippen LogP contribution in [0.25, 0.3) is 0 Å². The topological polar surface area (TPSA) is 113 Å². The van der Waals surface area contributed by atoms with Gasteiger partial charge in [-0.25, -0.2) is 0 Å². The second-order valence-electron chi connectivity index (χ2n) is 7.00. The Bertz CT molecular complexity index is 890. The molecule has 5 amide bonds. The lowest BCUT2D eigenvalue weighted by Gasteiger charge is -2.27. The van der Waals surface area contributed by atoms with Crippen LogP contribution in [0.2, 0.25) is 0 Å². The summed E-state index contributed by atoms with van der Waals surface area (Å²) in [6.07, 6.45) is 2.05. The summed E-state index contributed by atoms with van der Waals surface area (Å²) < 4.78 is 5.58. The number of amides is 5. The molecule has 1 unspecified atom stereocenters. The van der Waals surface area contributed by atoms with E-state index in [0.717, 1.165) is 17.7 Å². The van der Waals surface area contributed by atoms with E-state index in [4.69, 9.17) is 4.74 Å². The molecule has 1 atom stereocenters. The molecular weight excluding hydrogens is 366 g/mol. The van der Waals surface area contributed by atoms with E-state index >= 15 is 0 Å². The maximum absolute atomic E-state index is 12.9. The summed E-state index contributed by atoms with van der Waals surface area (Å²) in [5.41, 5.74) is 0.173. The highest BCUT2D eigenvalue weighted by molar-refractivity contribution is 6.24. The molecule has 146 valence electrons. The summed E-state index contributed by atoms with van der Waals surface area (Å²) in [5, 5.41) is 2.15. The Labute approximate surface area is 160 Å². The normalized spacial score (nSPS) is 21.8. The first-order chi connectivity index (χ1) is 13.5. The molecular formula is C19H19N3O6. The van der Waals surface area contributed by atoms with E-state index in [1.807, 2.05) is 0 Å². The molecule has 3 aliphatic heterocycles. The molecule has 1 aromatic carbocycles. The molecule has 9 nitrogen and oxygen atoms in total. The van der Waals surface area contributed by atoms with E-state index in [1.54, 1.807) is 11.0 Å². The lowest BCUT2D eigenvalue weighted by molar-refractivity contribution is -0.136. The van der Waals surface area contributed by atoms with Gasteiger partial charge in [-0.3, -0.25) is 34.2 Å². The number of benzene rings is 1. The van der Waals surface area contributed by atoms with Gasteiger partial charge in [0.05, 0.1) is 11.1 Å². The van der Waals surface area contributed by atoms with Gasteiger partial charge in [-0.15, -0.1) is 0 Å². The van der Waals surface area contributed by atoms with E-state index in [1.165, 1.54) is 12.1 Å². The van der Waals surface area contributed by atoms with Crippen LogP contribution in [-0.4, -0.2) is 65.1 Å². The van der Waals surface area contributed by atoms with Crippen molar-refractivity contribution in [3.63, 3.8) is 0 Å². The van der Waals surface area contributed by atoms with Crippen molar-refractivity contribution in [3.05, 3.63) is 29.3 Å². The number of carbonyl (C=O) groups is 5. The smallest absolute Gasteiger partial charge is 0.266 e. The van der Waals surface area contributed by atoms with E-state index < -0.39 is 29.7 Å². The average Bonchev–Trinajstić information content (AvgIpc) is 3.29. The standard InChI is InChI=1S/C19H19N3O6/c23-14-7-6-12(17(25)20-14)22-18(26)11-4-3-5-13(16(11)19(22)27)28-10-15(24)21-8-1-2-9-21/h3-5,12H,1-2,6-10H2,(H,20,23,25). The molecule has 0 bridgehead atoms. The molecule has 0 aliphatic carbocycles. The number of likely N-dealkylation sites (tertiary alicyclic amines) is 1. The third-order valence-electron chi connectivity index (χ3n) is 5.24. The molecule has 0 aromatic heterocycles. The van der Waals surface area contributed by atoms with Gasteiger partial charge in [0.2, 0.25) is 11.8 Å². The van der Waals surface area contributed by atoms with Crippen molar-refractivity contribution in [3.8, 4) is 5.75 Å². The van der Waals surface area contributed by atoms with Crippen LogP contribution < -0.4 is 10.1 Å². The summed E-state index contributed by atoms with van der Waals surface area (Å²) in [6, 6.07) is 3.53. The number of piperidine rings is 1. The number of hydrogen-bond acceptors (Lipinski definition) is 6. The molecule has 0 radical (unpaired) electrons. The van der Waals surface area contributed by atoms with E-state index in [2.05, 4.69) is 5.32 Å². The Morgan fingerprint density at radius 2 is 1.86 bits per heavy atom. The summed E-state index contributed by atoms with van der Waals surface area (Å²) >= 11 is 0. The van der Waals surface area contributed by atoms with Crippen molar-refractivity contribution in [1.29, 1.82) is 0 Å². The van der Waals surface area contributed by atoms with E-state index in [0.29, 0.717) is 13.1 Å². The SMILES string of the molecule is O=C1CCC(N2C(=O)c3cccc(OCC(=O)N4CCCC4)c3C2=O)C(=O)N1. The number of imide groups is 2. The second-order valence-corrected chi connectivity index (χ2v) is 7.00. The number of rotatable bonds is 4. The van der Waals surface area contributed by atoms with Crippen molar-refractivity contribution < 1.29 is 28.7 Å². The molecule has 1 aromatic rings. The van der Waals surface area contributed by atoms with Gasteiger partial charge in [-0.1, -0.05) is 6.07 Å². The van der Waals surface area contributed by atoms with Crippen molar-refractivity contribution in [2.45, 2.75) is 31.7 Å². The van der Waals surface area contributed by atoms with E-state index in [9.17, 15) is 24.0 Å². The molecule has 0 saturated carbocycles. The molecule has 3 aliphatic rings. The van der Waals surface area contributed by atoms with Gasteiger partial charge in [0.1, 0.15) is 11.8 Å². The van der Waals surface area contributed by atoms with Crippen LogP contribution in [0, 0.1) is 0 Å². The van der Waals surface area contributed by atoms with Gasteiger partial charge >= 0.3 is 0 Å². The maximum Gasteiger partial charge on any atom is 0.266 e. The van der Waals surface area contributed by atoms with Crippen LogP contribution >= 0.6 is 0 Å². The minimum atomic E-state index is -1.04. The predicted molar refractivity (Wildman–Crippen MR) is 94.4 cm³/mol. The molecule has 1 N–H and O–H groups in total. The zero-order chi connectivity index (χ0) is 19.8. The van der Waals surface area contributed by atoms with Crippen molar-refractivity contribution in [1.82, 2.24) is 15.1 Å². The third-order valence-corrected chi connectivity index (χ3v) is 5.24. The minimum absolute atomic E-state index is 0.0476. The Morgan fingerprint density at radius 1 is 1.11 bits per heavy atom. The average molecular weight is 385 g/mol. The highest BCUT2D eigenvalue weighted by Crippen LogP contribution is 2.33. The fourth-order valence-electron chi connectivity index (χ4n) is 3.80. The Morgan fingerprint density at radius 3 is 2.57 bits per heavy atom. The number of fused-ring (bicyclic) bond motifs is 1. The first kappa shape index (κ1) is 18.1. The predicted octanol–water partition coefficient (Wildman–Crippen LogP) is 0.0890. The molecule has 2 fully saturated rings. The molecule has 0 spiro atoms. The highest BCUT2D eigenvalue weighted by Gasteiger charge is 2.46. The van der Waals surface area contributed by atoms with Crippen LogP contribution in [0.15, 0.2) is 18.2 Å². The quantitative estimate of drug-likeness (QED) is 0.735. The van der Waals surface area contributed by atoms with Crippen LogP contribution in [0.1, 0.15) is 46.4 Å². The fourth-order valence-corrected chi connectivity index (χ4v) is 3.80. The zero-order valence-electron chi connectivity index (χ0n) is 15.1. The molecule has 9 heteroatoms. The van der Waals surface area contributed by atoms with Gasteiger partial charge in [-0.2, -0.15) is 0 Å². The second kappa shape index (κ2) is 7.06. The molecule has 28 heavy (non-hydrogen) atoms. The van der Waals surface area contributed by atoms with Gasteiger partial charge in [-0.05, 0) is 31.4 Å². The van der Waals surface area contributed by atoms with Gasteiger partial charge in [0.15, 0.2) is 6.61 Å². The van der Waals surface area contributed by atoms with Gasteiger partial charge in [0.25, 0.3) is 17.7 Å². The third kappa shape index (κ3) is 3.02. The first-order valence-corrected chi connectivity index (χ1v) is 9.22. The van der Waals surface area contributed by atoms with Crippen LogP contribution in [0.4, 0.5) is 0 Å². The zero-order valence-corrected chi connectivity index (χ0v) is 15.1. The molecule has 4 rings (SSSR count). The number of nitrogens with zero attached hydrogens (tertiary/aromatic N) is 2.